The fourth-order valence-electron chi connectivity index (χ4n) is 2.85. The van der Waals surface area contributed by atoms with Crippen molar-refractivity contribution in [3.05, 3.63) is 60.0 Å². The van der Waals surface area contributed by atoms with Gasteiger partial charge in [0.2, 0.25) is 5.88 Å². The molecule has 2 unspecified atom stereocenters. The molecule has 0 saturated heterocycles. The maximum absolute atomic E-state index is 12.3. The Morgan fingerprint density at radius 2 is 1.96 bits per heavy atom. The first kappa shape index (κ1) is 19.9. The highest BCUT2D eigenvalue weighted by Gasteiger charge is 2.29. The molecule has 1 aliphatic rings. The number of benzene rings is 1. The van der Waals surface area contributed by atoms with Crippen LogP contribution < -0.4 is 4.74 Å². The van der Waals surface area contributed by atoms with Gasteiger partial charge in [-0.3, -0.25) is 9.59 Å². The van der Waals surface area contributed by atoms with Crippen molar-refractivity contribution in [1.82, 2.24) is 4.98 Å². The molecule has 1 N–H and O–H groups in total. The Hall–Kier alpha value is -2.80. The monoisotopic (exact) mass is 399 g/mol. The number of aliphatic hydroxyl groups is 1. The van der Waals surface area contributed by atoms with Gasteiger partial charge >= 0.3 is 5.97 Å². The highest BCUT2D eigenvalue weighted by atomic mass is 32.2. The maximum atomic E-state index is 12.3. The Morgan fingerprint density at radius 3 is 2.64 bits per heavy atom. The van der Waals surface area contributed by atoms with Crippen LogP contribution in [0.2, 0.25) is 0 Å². The minimum Gasteiger partial charge on any atom is -0.512 e. The third kappa shape index (κ3) is 5.13. The number of carbonyl (C=O) groups is 2. The van der Waals surface area contributed by atoms with Crippen molar-refractivity contribution in [2.24, 2.45) is 5.92 Å². The van der Waals surface area contributed by atoms with E-state index in [0.717, 1.165) is 11.0 Å². The number of rotatable bonds is 6. The Kier molecular flexibility index (Phi) is 6.36. The van der Waals surface area contributed by atoms with E-state index in [4.69, 9.17) is 9.47 Å². The average molecular weight is 399 g/mol. The summed E-state index contributed by atoms with van der Waals surface area (Å²) < 4.78 is 11.2. The number of pyridine rings is 1. The summed E-state index contributed by atoms with van der Waals surface area (Å²) >= 11 is 1.65. The lowest BCUT2D eigenvalue weighted by molar-refractivity contribution is -0.155. The highest BCUT2D eigenvalue weighted by molar-refractivity contribution is 7.98. The van der Waals surface area contributed by atoms with E-state index in [1.165, 1.54) is 0 Å². The lowest BCUT2D eigenvalue weighted by Crippen LogP contribution is -2.25. The molecule has 0 radical (unpaired) electrons. The molecule has 1 aromatic carbocycles. The van der Waals surface area contributed by atoms with Crippen molar-refractivity contribution < 1.29 is 24.2 Å². The topological polar surface area (TPSA) is 85.7 Å². The van der Waals surface area contributed by atoms with E-state index < -0.39 is 18.0 Å². The zero-order valence-electron chi connectivity index (χ0n) is 15.6. The van der Waals surface area contributed by atoms with Gasteiger partial charge in [0.1, 0.15) is 11.9 Å². The molecule has 2 aromatic rings. The minimum atomic E-state index is -0.672. The van der Waals surface area contributed by atoms with Crippen molar-refractivity contribution in [2.75, 3.05) is 6.26 Å². The van der Waals surface area contributed by atoms with Gasteiger partial charge in [0.05, 0.1) is 17.4 Å². The molecular weight excluding hydrogens is 378 g/mol. The van der Waals surface area contributed by atoms with Gasteiger partial charge in [-0.25, -0.2) is 4.98 Å². The first-order chi connectivity index (χ1) is 13.4. The standard InChI is InChI=1S/C21H21NO5S/c1-13(26-21(25)14-10-15(23)12-16(24)11-14)19-4-3-5-20(22-19)27-17-6-8-18(28-2)9-7-17/h3-9,12-14,23H,10-11H2,1-2H3. The highest BCUT2D eigenvalue weighted by Crippen LogP contribution is 2.27. The van der Waals surface area contributed by atoms with Crippen LogP contribution in [0.15, 0.2) is 59.2 Å². The van der Waals surface area contributed by atoms with Gasteiger partial charge in [-0.05, 0) is 43.5 Å². The van der Waals surface area contributed by atoms with Crippen molar-refractivity contribution in [3.63, 3.8) is 0 Å². The van der Waals surface area contributed by atoms with Crippen LogP contribution in [0, 0.1) is 5.92 Å². The summed E-state index contributed by atoms with van der Waals surface area (Å²) in [7, 11) is 0. The van der Waals surface area contributed by atoms with Crippen molar-refractivity contribution in [1.29, 1.82) is 0 Å². The van der Waals surface area contributed by atoms with Crippen LogP contribution in [-0.2, 0) is 14.3 Å². The van der Waals surface area contributed by atoms with Gasteiger partial charge < -0.3 is 14.6 Å². The molecule has 28 heavy (non-hydrogen) atoms. The second-order valence-electron chi connectivity index (χ2n) is 6.46. The van der Waals surface area contributed by atoms with E-state index in [0.29, 0.717) is 17.3 Å². The van der Waals surface area contributed by atoms with Crippen molar-refractivity contribution in [2.45, 2.75) is 30.8 Å². The minimum absolute atomic E-state index is 0.0399. The molecule has 0 spiro atoms. The fraction of sp³-hybridized carbons (Fsp3) is 0.286. The van der Waals surface area contributed by atoms with E-state index in [-0.39, 0.29) is 24.4 Å². The van der Waals surface area contributed by atoms with Crippen LogP contribution in [0.3, 0.4) is 0 Å². The molecular formula is C21H21NO5S. The lowest BCUT2D eigenvalue weighted by Gasteiger charge is -2.20. The summed E-state index contributed by atoms with van der Waals surface area (Å²) in [6.07, 6.45) is 2.70. The number of nitrogens with zero attached hydrogens (tertiary/aromatic N) is 1. The lowest BCUT2D eigenvalue weighted by atomic mass is 9.92. The quantitative estimate of drug-likeness (QED) is 0.560. The number of aromatic nitrogens is 1. The van der Waals surface area contributed by atoms with Gasteiger partial charge in [-0.1, -0.05) is 6.07 Å². The number of thioether (sulfide) groups is 1. The summed E-state index contributed by atoms with van der Waals surface area (Å²) in [4.78, 5) is 29.4. The number of esters is 1. The molecule has 1 aliphatic carbocycles. The summed E-state index contributed by atoms with van der Waals surface area (Å²) in [6, 6.07) is 12.9. The van der Waals surface area contributed by atoms with E-state index in [9.17, 15) is 14.7 Å². The summed E-state index contributed by atoms with van der Waals surface area (Å²) in [5, 5.41) is 9.56. The van der Waals surface area contributed by atoms with E-state index in [1.54, 1.807) is 36.9 Å². The van der Waals surface area contributed by atoms with E-state index >= 15 is 0 Å². The molecule has 0 amide bonds. The number of aliphatic hydroxyl groups excluding tert-OH is 1. The van der Waals surface area contributed by atoms with Gasteiger partial charge in [0.25, 0.3) is 0 Å². The summed E-state index contributed by atoms with van der Waals surface area (Å²) in [5.74, 6) is -0.511. The number of allylic oxidation sites excluding steroid dienone is 2. The van der Waals surface area contributed by atoms with Gasteiger partial charge in [-0.2, -0.15) is 0 Å². The van der Waals surface area contributed by atoms with E-state index in [1.807, 2.05) is 30.5 Å². The molecule has 7 heteroatoms. The molecule has 3 rings (SSSR count). The fourth-order valence-corrected chi connectivity index (χ4v) is 3.26. The number of ether oxygens (including phenoxy) is 2. The average Bonchev–Trinajstić information content (AvgIpc) is 2.68. The molecule has 146 valence electrons. The second kappa shape index (κ2) is 8.93. The SMILES string of the molecule is CSc1ccc(Oc2cccc(C(C)OC(=O)C3CC(=O)C=C(O)C3)n2)cc1. The van der Waals surface area contributed by atoms with Crippen molar-refractivity contribution >= 4 is 23.5 Å². The molecule has 0 bridgehead atoms. The zero-order valence-corrected chi connectivity index (χ0v) is 16.4. The van der Waals surface area contributed by atoms with Crippen molar-refractivity contribution in [3.8, 4) is 11.6 Å². The Balaban J connectivity index is 1.64. The Labute approximate surface area is 167 Å². The predicted molar refractivity (Wildman–Crippen MR) is 105 cm³/mol. The second-order valence-corrected chi connectivity index (χ2v) is 7.34. The molecule has 0 saturated carbocycles. The molecule has 0 fully saturated rings. The molecule has 1 heterocycles. The summed E-state index contributed by atoms with van der Waals surface area (Å²) in [6.45, 7) is 1.71. The number of carbonyl (C=O) groups excluding carboxylic acids is 2. The third-order valence-electron chi connectivity index (χ3n) is 4.30. The first-order valence-corrected chi connectivity index (χ1v) is 10.1. The molecule has 6 nitrogen and oxygen atoms in total. The summed E-state index contributed by atoms with van der Waals surface area (Å²) in [5.41, 5.74) is 0.536. The number of hydrogen-bond donors (Lipinski definition) is 1. The molecule has 2 atom stereocenters. The van der Waals surface area contributed by atoms with Crippen LogP contribution in [-0.4, -0.2) is 28.1 Å². The zero-order chi connectivity index (χ0) is 20.1. The Bertz CT molecular complexity index is 894. The Morgan fingerprint density at radius 1 is 1.21 bits per heavy atom. The van der Waals surface area contributed by atoms with Crippen LogP contribution in [0.5, 0.6) is 11.6 Å². The van der Waals surface area contributed by atoms with Crippen LogP contribution in [0.1, 0.15) is 31.6 Å². The normalized spacial score (nSPS) is 17.6. The maximum Gasteiger partial charge on any atom is 0.310 e. The first-order valence-electron chi connectivity index (χ1n) is 8.86. The largest absolute Gasteiger partial charge is 0.512 e. The van der Waals surface area contributed by atoms with Gasteiger partial charge in [0.15, 0.2) is 5.78 Å². The molecule has 0 aliphatic heterocycles. The van der Waals surface area contributed by atoms with Crippen LogP contribution in [0.4, 0.5) is 0 Å². The van der Waals surface area contributed by atoms with Crippen LogP contribution in [0.25, 0.3) is 0 Å². The number of hydrogen-bond acceptors (Lipinski definition) is 7. The van der Waals surface area contributed by atoms with Crippen LogP contribution >= 0.6 is 11.8 Å². The third-order valence-corrected chi connectivity index (χ3v) is 5.04. The van der Waals surface area contributed by atoms with Gasteiger partial charge in [0, 0.05) is 29.9 Å². The number of ketones is 1. The smallest absolute Gasteiger partial charge is 0.310 e. The van der Waals surface area contributed by atoms with E-state index in [2.05, 4.69) is 4.98 Å². The molecule has 1 aromatic heterocycles. The predicted octanol–water partition coefficient (Wildman–Crippen LogP) is 4.62. The van der Waals surface area contributed by atoms with Gasteiger partial charge in [-0.15, -0.1) is 11.8 Å².